The molecule has 26 heavy (non-hydrogen) atoms. The number of rotatable bonds is 4. The molecular formula is C19H23ClN6. The molecule has 0 aliphatic carbocycles. The minimum absolute atomic E-state index is 0.334. The van der Waals surface area contributed by atoms with Crippen LogP contribution in [0.5, 0.6) is 0 Å². The van der Waals surface area contributed by atoms with E-state index < -0.39 is 0 Å². The Labute approximate surface area is 158 Å². The first-order valence-corrected chi connectivity index (χ1v) is 9.30. The van der Waals surface area contributed by atoms with Crippen molar-refractivity contribution in [3.8, 4) is 0 Å². The summed E-state index contributed by atoms with van der Waals surface area (Å²) in [7, 11) is 0. The number of piperidine rings is 1. The molecule has 0 saturated carbocycles. The molecule has 4 rings (SSSR count). The van der Waals surface area contributed by atoms with Gasteiger partial charge in [-0.1, -0.05) is 17.7 Å². The van der Waals surface area contributed by atoms with Crippen molar-refractivity contribution < 1.29 is 0 Å². The van der Waals surface area contributed by atoms with Gasteiger partial charge >= 0.3 is 0 Å². The smallest absolute Gasteiger partial charge is 0.158 e. The van der Waals surface area contributed by atoms with Gasteiger partial charge in [0, 0.05) is 18.8 Å². The van der Waals surface area contributed by atoms with E-state index in [9.17, 15) is 0 Å². The number of nitrogens with one attached hydrogen (secondary N) is 1. The molecule has 3 aromatic rings. The molecule has 7 heteroatoms. The maximum Gasteiger partial charge on any atom is 0.158 e. The third-order valence-corrected chi connectivity index (χ3v) is 5.27. The Morgan fingerprint density at radius 2 is 2.08 bits per heavy atom. The standard InChI is InChI=1S/C19H23ClN6/c1-13-2-3-16(20)17(10-13)24-19-18-14(4-9-26(18)23-12-22-19)11-25-7-5-15(21)6-8-25/h2-4,9-10,12,15H,5-8,11,21H2,1H3,(H,22,23,24). The average Bonchev–Trinajstić information content (AvgIpc) is 3.04. The SMILES string of the molecule is Cc1ccc(Cl)c(Nc2ncnn3ccc(CN4CCC(N)CC4)c23)c1. The first kappa shape index (κ1) is 17.3. The van der Waals surface area contributed by atoms with Crippen molar-refractivity contribution in [3.63, 3.8) is 0 Å². The second kappa shape index (κ2) is 7.23. The highest BCUT2D eigenvalue weighted by atomic mass is 35.5. The lowest BCUT2D eigenvalue weighted by Gasteiger charge is -2.29. The van der Waals surface area contributed by atoms with Crippen LogP contribution in [0.15, 0.2) is 36.8 Å². The van der Waals surface area contributed by atoms with Crippen LogP contribution in [-0.2, 0) is 6.54 Å². The van der Waals surface area contributed by atoms with E-state index in [0.29, 0.717) is 11.1 Å². The lowest BCUT2D eigenvalue weighted by molar-refractivity contribution is 0.206. The molecule has 1 aromatic carbocycles. The quantitative estimate of drug-likeness (QED) is 0.736. The summed E-state index contributed by atoms with van der Waals surface area (Å²) in [6.07, 6.45) is 5.63. The number of anilines is 2. The van der Waals surface area contributed by atoms with Crippen LogP contribution in [0.2, 0.25) is 5.02 Å². The number of fused-ring (bicyclic) bond motifs is 1. The molecular weight excluding hydrogens is 348 g/mol. The molecule has 1 saturated heterocycles. The van der Waals surface area contributed by atoms with Gasteiger partial charge in [-0.25, -0.2) is 9.50 Å². The Kier molecular flexibility index (Phi) is 4.80. The normalized spacial score (nSPS) is 16.3. The maximum absolute atomic E-state index is 6.35. The van der Waals surface area contributed by atoms with Gasteiger partial charge in [0.2, 0.25) is 0 Å². The number of hydrogen-bond donors (Lipinski definition) is 2. The number of likely N-dealkylation sites (tertiary alicyclic amines) is 1. The largest absolute Gasteiger partial charge is 0.337 e. The molecule has 0 bridgehead atoms. The van der Waals surface area contributed by atoms with Gasteiger partial charge in [-0.2, -0.15) is 5.10 Å². The molecule has 1 aliphatic rings. The van der Waals surface area contributed by atoms with Gasteiger partial charge in [0.1, 0.15) is 11.8 Å². The van der Waals surface area contributed by atoms with Crippen molar-refractivity contribution in [1.29, 1.82) is 0 Å². The van der Waals surface area contributed by atoms with Crippen molar-refractivity contribution in [2.24, 2.45) is 5.73 Å². The van der Waals surface area contributed by atoms with Crippen LogP contribution in [0, 0.1) is 6.92 Å². The number of benzene rings is 1. The Hall–Kier alpha value is -2.15. The zero-order valence-electron chi connectivity index (χ0n) is 14.8. The Morgan fingerprint density at radius 1 is 1.27 bits per heavy atom. The van der Waals surface area contributed by atoms with Crippen LogP contribution in [0.4, 0.5) is 11.5 Å². The van der Waals surface area contributed by atoms with E-state index >= 15 is 0 Å². The highest BCUT2D eigenvalue weighted by Crippen LogP contribution is 2.29. The molecule has 3 N–H and O–H groups in total. The lowest BCUT2D eigenvalue weighted by atomic mass is 10.1. The minimum Gasteiger partial charge on any atom is -0.337 e. The lowest BCUT2D eigenvalue weighted by Crippen LogP contribution is -2.39. The first-order chi connectivity index (χ1) is 12.6. The molecule has 3 heterocycles. The zero-order chi connectivity index (χ0) is 18.1. The fourth-order valence-electron chi connectivity index (χ4n) is 3.45. The predicted molar refractivity (Wildman–Crippen MR) is 105 cm³/mol. The van der Waals surface area contributed by atoms with E-state index in [0.717, 1.165) is 55.1 Å². The highest BCUT2D eigenvalue weighted by molar-refractivity contribution is 6.33. The van der Waals surface area contributed by atoms with Gasteiger partial charge in [0.05, 0.1) is 10.7 Å². The summed E-state index contributed by atoms with van der Waals surface area (Å²) >= 11 is 6.35. The van der Waals surface area contributed by atoms with Crippen molar-refractivity contribution in [3.05, 3.63) is 52.9 Å². The maximum atomic E-state index is 6.35. The van der Waals surface area contributed by atoms with E-state index in [1.165, 1.54) is 5.56 Å². The molecule has 0 atom stereocenters. The summed E-state index contributed by atoms with van der Waals surface area (Å²) in [6.45, 7) is 4.96. The molecule has 0 radical (unpaired) electrons. The average molecular weight is 371 g/mol. The summed E-state index contributed by atoms with van der Waals surface area (Å²) in [4.78, 5) is 6.91. The molecule has 0 amide bonds. The highest BCUT2D eigenvalue weighted by Gasteiger charge is 2.19. The van der Waals surface area contributed by atoms with Crippen molar-refractivity contribution in [2.75, 3.05) is 18.4 Å². The molecule has 1 aliphatic heterocycles. The Balaban J connectivity index is 1.65. The van der Waals surface area contributed by atoms with Gasteiger partial charge in [-0.05, 0) is 62.2 Å². The van der Waals surface area contributed by atoms with E-state index in [-0.39, 0.29) is 0 Å². The summed E-state index contributed by atoms with van der Waals surface area (Å²) < 4.78 is 1.87. The van der Waals surface area contributed by atoms with E-state index in [4.69, 9.17) is 17.3 Å². The van der Waals surface area contributed by atoms with E-state index in [1.807, 2.05) is 35.8 Å². The third kappa shape index (κ3) is 3.53. The predicted octanol–water partition coefficient (Wildman–Crippen LogP) is 3.36. The van der Waals surface area contributed by atoms with Crippen LogP contribution in [0.3, 0.4) is 0 Å². The van der Waals surface area contributed by atoms with Crippen LogP contribution in [0.1, 0.15) is 24.0 Å². The van der Waals surface area contributed by atoms with Gasteiger partial charge < -0.3 is 11.1 Å². The fraction of sp³-hybridized carbons (Fsp3) is 0.368. The number of nitrogens with two attached hydrogens (primary N) is 1. The summed E-state index contributed by atoms with van der Waals surface area (Å²) in [6, 6.07) is 8.36. The van der Waals surface area contributed by atoms with Crippen molar-refractivity contribution >= 4 is 28.6 Å². The van der Waals surface area contributed by atoms with Crippen molar-refractivity contribution in [2.45, 2.75) is 32.4 Å². The van der Waals surface area contributed by atoms with Gasteiger partial charge in [-0.15, -0.1) is 0 Å². The van der Waals surface area contributed by atoms with Crippen LogP contribution < -0.4 is 11.1 Å². The van der Waals surface area contributed by atoms with Crippen LogP contribution in [0.25, 0.3) is 5.52 Å². The fourth-order valence-corrected chi connectivity index (χ4v) is 3.62. The first-order valence-electron chi connectivity index (χ1n) is 8.92. The topological polar surface area (TPSA) is 71.5 Å². The van der Waals surface area contributed by atoms with E-state index in [1.54, 1.807) is 6.33 Å². The van der Waals surface area contributed by atoms with Crippen LogP contribution >= 0.6 is 11.6 Å². The molecule has 136 valence electrons. The second-order valence-electron chi connectivity index (χ2n) is 6.96. The summed E-state index contributed by atoms with van der Waals surface area (Å²) in [5.74, 6) is 0.765. The van der Waals surface area contributed by atoms with Gasteiger partial charge in [0.15, 0.2) is 5.82 Å². The summed E-state index contributed by atoms with van der Waals surface area (Å²) in [5.41, 5.74) is 10.2. The number of aryl methyl sites for hydroxylation is 1. The number of nitrogens with zero attached hydrogens (tertiary/aromatic N) is 4. The molecule has 0 spiro atoms. The Morgan fingerprint density at radius 3 is 2.88 bits per heavy atom. The molecule has 0 unspecified atom stereocenters. The molecule has 1 fully saturated rings. The van der Waals surface area contributed by atoms with Gasteiger partial charge in [-0.3, -0.25) is 4.90 Å². The number of aromatic nitrogens is 3. The Bertz CT molecular complexity index is 914. The second-order valence-corrected chi connectivity index (χ2v) is 7.37. The zero-order valence-corrected chi connectivity index (χ0v) is 15.6. The summed E-state index contributed by atoms with van der Waals surface area (Å²) in [5, 5.41) is 8.40. The number of hydrogen-bond acceptors (Lipinski definition) is 5. The van der Waals surface area contributed by atoms with E-state index in [2.05, 4.69) is 26.4 Å². The minimum atomic E-state index is 0.334. The molecule has 2 aromatic heterocycles. The van der Waals surface area contributed by atoms with Gasteiger partial charge in [0.25, 0.3) is 0 Å². The van der Waals surface area contributed by atoms with Crippen molar-refractivity contribution in [1.82, 2.24) is 19.5 Å². The monoisotopic (exact) mass is 370 g/mol. The van der Waals surface area contributed by atoms with Crippen LogP contribution in [-0.4, -0.2) is 38.6 Å². The molecule has 6 nitrogen and oxygen atoms in total. The third-order valence-electron chi connectivity index (χ3n) is 4.94. The number of halogens is 1.